The van der Waals surface area contributed by atoms with Crippen molar-refractivity contribution in [3.05, 3.63) is 86.3 Å². The number of hydrogen-bond donors (Lipinski definition) is 1. The number of benzene rings is 3. The van der Waals surface area contributed by atoms with Crippen LogP contribution in [-0.4, -0.2) is 13.0 Å². The average molecular weight is 475 g/mol. The topological polar surface area (TPSA) is 47.6 Å². The van der Waals surface area contributed by atoms with Gasteiger partial charge in [-0.3, -0.25) is 4.79 Å². The predicted molar refractivity (Wildman–Crippen MR) is 120 cm³/mol. The van der Waals surface area contributed by atoms with Gasteiger partial charge in [-0.05, 0) is 65.2 Å². The summed E-state index contributed by atoms with van der Waals surface area (Å²) in [5, 5.41) is 3.45. The van der Waals surface area contributed by atoms with Gasteiger partial charge in [-0.2, -0.15) is 0 Å². The highest BCUT2D eigenvalue weighted by atomic mass is 79.9. The number of rotatable bonds is 6. The van der Waals surface area contributed by atoms with Crippen LogP contribution in [0.15, 0.2) is 59.1 Å². The molecule has 29 heavy (non-hydrogen) atoms. The Morgan fingerprint density at radius 3 is 2.45 bits per heavy atom. The minimum absolute atomic E-state index is 0.269. The molecule has 0 radical (unpaired) electrons. The van der Waals surface area contributed by atoms with Crippen molar-refractivity contribution in [2.45, 2.75) is 20.5 Å². The molecule has 0 heterocycles. The minimum Gasteiger partial charge on any atom is -0.493 e. The Bertz CT molecular complexity index is 1040. The van der Waals surface area contributed by atoms with Crippen LogP contribution in [-0.2, 0) is 6.61 Å². The smallest absolute Gasteiger partial charge is 0.255 e. The largest absolute Gasteiger partial charge is 0.493 e. The van der Waals surface area contributed by atoms with Gasteiger partial charge in [-0.1, -0.05) is 47.5 Å². The first-order chi connectivity index (χ1) is 13.9. The molecule has 0 atom stereocenters. The number of aryl methyl sites for hydroxylation is 2. The zero-order valence-electron chi connectivity index (χ0n) is 16.4. The molecule has 3 aromatic carbocycles. The molecular weight excluding hydrogens is 454 g/mol. The molecular formula is C23H21BrClNO3. The molecule has 150 valence electrons. The van der Waals surface area contributed by atoms with Crippen LogP contribution in [0.4, 0.5) is 5.69 Å². The fraction of sp³-hybridized carbons (Fsp3) is 0.174. The van der Waals surface area contributed by atoms with E-state index in [-0.39, 0.29) is 5.91 Å². The molecule has 3 aromatic rings. The Morgan fingerprint density at radius 2 is 1.79 bits per heavy atom. The normalized spacial score (nSPS) is 10.5. The van der Waals surface area contributed by atoms with Crippen LogP contribution in [0.3, 0.4) is 0 Å². The third-order valence-electron chi connectivity index (χ3n) is 4.43. The molecule has 0 unspecified atom stereocenters. The SMILES string of the molecule is COc1cc(C(=O)Nc2ccc(C)c(Cl)c2)cc(Br)c1OCc1ccc(C)cc1. The number of ether oxygens (including phenoxy) is 2. The fourth-order valence-electron chi connectivity index (χ4n) is 2.70. The Kier molecular flexibility index (Phi) is 6.83. The van der Waals surface area contributed by atoms with E-state index in [0.29, 0.717) is 38.9 Å². The lowest BCUT2D eigenvalue weighted by atomic mass is 10.1. The van der Waals surface area contributed by atoms with Crippen LogP contribution < -0.4 is 14.8 Å². The van der Waals surface area contributed by atoms with Gasteiger partial charge in [0.15, 0.2) is 11.5 Å². The quantitative estimate of drug-likeness (QED) is 0.440. The van der Waals surface area contributed by atoms with Crippen molar-refractivity contribution in [3.8, 4) is 11.5 Å². The molecule has 1 N–H and O–H groups in total. The van der Waals surface area contributed by atoms with E-state index < -0.39 is 0 Å². The number of amides is 1. The fourth-order valence-corrected chi connectivity index (χ4v) is 3.44. The summed E-state index contributed by atoms with van der Waals surface area (Å²) in [5.74, 6) is 0.746. The van der Waals surface area contributed by atoms with Gasteiger partial charge in [0.05, 0.1) is 11.6 Å². The van der Waals surface area contributed by atoms with Crippen molar-refractivity contribution in [2.75, 3.05) is 12.4 Å². The third kappa shape index (κ3) is 5.31. The molecule has 6 heteroatoms. The van der Waals surface area contributed by atoms with Crippen LogP contribution in [0.5, 0.6) is 11.5 Å². The van der Waals surface area contributed by atoms with Crippen LogP contribution in [0, 0.1) is 13.8 Å². The maximum absolute atomic E-state index is 12.7. The third-order valence-corrected chi connectivity index (χ3v) is 5.42. The molecule has 0 aromatic heterocycles. The number of carbonyl (C=O) groups is 1. The number of halogens is 2. The second-order valence-electron chi connectivity index (χ2n) is 6.68. The van der Waals surface area contributed by atoms with Crippen molar-refractivity contribution in [1.29, 1.82) is 0 Å². The number of nitrogens with one attached hydrogen (secondary N) is 1. The van der Waals surface area contributed by atoms with Gasteiger partial charge < -0.3 is 14.8 Å². The first-order valence-electron chi connectivity index (χ1n) is 9.00. The van der Waals surface area contributed by atoms with E-state index in [9.17, 15) is 4.79 Å². The number of carbonyl (C=O) groups excluding carboxylic acids is 1. The number of anilines is 1. The standard InChI is InChI=1S/C23H21BrClNO3/c1-14-4-7-16(8-5-14)13-29-22-19(24)10-17(11-21(22)28-3)23(27)26-18-9-6-15(2)20(25)12-18/h4-12H,13H2,1-3H3,(H,26,27). The van der Waals surface area contributed by atoms with E-state index in [1.165, 1.54) is 5.56 Å². The lowest BCUT2D eigenvalue weighted by Gasteiger charge is -2.15. The second kappa shape index (κ2) is 9.33. The van der Waals surface area contributed by atoms with Gasteiger partial charge in [-0.25, -0.2) is 0 Å². The van der Waals surface area contributed by atoms with Crippen molar-refractivity contribution < 1.29 is 14.3 Å². The van der Waals surface area contributed by atoms with Gasteiger partial charge in [0, 0.05) is 16.3 Å². The molecule has 0 saturated heterocycles. The van der Waals surface area contributed by atoms with Gasteiger partial charge in [0.25, 0.3) is 5.91 Å². The summed E-state index contributed by atoms with van der Waals surface area (Å²) in [5.41, 5.74) is 4.25. The molecule has 0 aliphatic carbocycles. The highest BCUT2D eigenvalue weighted by Gasteiger charge is 2.16. The van der Waals surface area contributed by atoms with Crippen LogP contribution in [0.1, 0.15) is 27.0 Å². The molecule has 0 aliphatic heterocycles. The Hall–Kier alpha value is -2.50. The maximum atomic E-state index is 12.7. The first kappa shape index (κ1) is 21.2. The Morgan fingerprint density at radius 1 is 1.07 bits per heavy atom. The summed E-state index contributed by atoms with van der Waals surface area (Å²) in [4.78, 5) is 12.7. The Labute approximate surface area is 183 Å². The number of hydrogen-bond acceptors (Lipinski definition) is 3. The molecule has 0 aliphatic rings. The number of methoxy groups -OCH3 is 1. The van der Waals surface area contributed by atoms with Gasteiger partial charge in [-0.15, -0.1) is 0 Å². The van der Waals surface area contributed by atoms with E-state index in [0.717, 1.165) is 11.1 Å². The zero-order chi connectivity index (χ0) is 21.0. The summed E-state index contributed by atoms with van der Waals surface area (Å²) in [6, 6.07) is 16.9. The molecule has 0 spiro atoms. The van der Waals surface area contributed by atoms with Crippen molar-refractivity contribution in [2.24, 2.45) is 0 Å². The van der Waals surface area contributed by atoms with E-state index >= 15 is 0 Å². The summed E-state index contributed by atoms with van der Waals surface area (Å²) >= 11 is 9.63. The monoisotopic (exact) mass is 473 g/mol. The predicted octanol–water partition coefficient (Wildman–Crippen LogP) is 6.56. The summed E-state index contributed by atoms with van der Waals surface area (Å²) in [7, 11) is 1.54. The van der Waals surface area contributed by atoms with Crippen molar-refractivity contribution >= 4 is 39.1 Å². The Balaban J connectivity index is 1.78. The van der Waals surface area contributed by atoms with Gasteiger partial charge in [0.1, 0.15) is 6.61 Å². The van der Waals surface area contributed by atoms with E-state index in [1.807, 2.05) is 50.2 Å². The lowest BCUT2D eigenvalue weighted by Crippen LogP contribution is -2.12. The molecule has 0 saturated carbocycles. The maximum Gasteiger partial charge on any atom is 0.255 e. The van der Waals surface area contributed by atoms with Crippen LogP contribution in [0.2, 0.25) is 5.02 Å². The first-order valence-corrected chi connectivity index (χ1v) is 10.2. The summed E-state index contributed by atoms with van der Waals surface area (Å²) < 4.78 is 12.0. The summed E-state index contributed by atoms with van der Waals surface area (Å²) in [6.07, 6.45) is 0. The van der Waals surface area contributed by atoms with E-state index in [1.54, 1.807) is 25.3 Å². The highest BCUT2D eigenvalue weighted by Crippen LogP contribution is 2.37. The van der Waals surface area contributed by atoms with Gasteiger partial charge >= 0.3 is 0 Å². The van der Waals surface area contributed by atoms with E-state index in [4.69, 9.17) is 21.1 Å². The minimum atomic E-state index is -0.269. The molecule has 1 amide bonds. The van der Waals surface area contributed by atoms with Gasteiger partial charge in [0.2, 0.25) is 0 Å². The molecule has 4 nitrogen and oxygen atoms in total. The molecule has 3 rings (SSSR count). The van der Waals surface area contributed by atoms with Crippen molar-refractivity contribution in [3.63, 3.8) is 0 Å². The summed E-state index contributed by atoms with van der Waals surface area (Å²) in [6.45, 7) is 4.34. The van der Waals surface area contributed by atoms with Crippen LogP contribution in [0.25, 0.3) is 0 Å². The van der Waals surface area contributed by atoms with Crippen molar-refractivity contribution in [1.82, 2.24) is 0 Å². The van der Waals surface area contributed by atoms with E-state index in [2.05, 4.69) is 21.2 Å². The lowest BCUT2D eigenvalue weighted by molar-refractivity contribution is 0.102. The van der Waals surface area contributed by atoms with Crippen LogP contribution >= 0.6 is 27.5 Å². The molecule has 0 bridgehead atoms. The average Bonchev–Trinajstić information content (AvgIpc) is 2.70. The highest BCUT2D eigenvalue weighted by molar-refractivity contribution is 9.10. The second-order valence-corrected chi connectivity index (χ2v) is 7.94. The molecule has 0 fully saturated rings. The zero-order valence-corrected chi connectivity index (χ0v) is 18.7.